The summed E-state index contributed by atoms with van der Waals surface area (Å²) >= 11 is 1.59. The summed E-state index contributed by atoms with van der Waals surface area (Å²) in [5.41, 5.74) is 0.354. The minimum absolute atomic E-state index is 0.0964. The highest BCUT2D eigenvalue weighted by molar-refractivity contribution is 7.22. The monoisotopic (exact) mass is 459 g/mol. The molecule has 0 saturated heterocycles. The molecule has 1 aliphatic rings. The SMILES string of the molecule is FC(F)(F)c1cc(-c2cc(Oc3ccc4nc(NC5CCCCC5)sc4c3)ccn2)n[nH]1. The number of nitrogens with one attached hydrogen (secondary N) is 2. The standard InChI is InChI=1S/C22H20F3N5OS/c23-22(24,25)20-12-18(29-30-20)17-10-15(8-9-26-17)31-14-6-7-16-19(11-14)32-21(28-16)27-13-4-2-1-3-5-13/h6-13H,1-5H2,(H,27,28)(H,29,30). The highest BCUT2D eigenvalue weighted by Gasteiger charge is 2.33. The molecule has 1 aliphatic carbocycles. The first kappa shape index (κ1) is 20.7. The Hall–Kier alpha value is -3.14. The average Bonchev–Trinajstić information content (AvgIpc) is 3.41. The van der Waals surface area contributed by atoms with Gasteiger partial charge in [0, 0.05) is 24.4 Å². The lowest BCUT2D eigenvalue weighted by atomic mass is 9.96. The van der Waals surface area contributed by atoms with Gasteiger partial charge in [0.05, 0.1) is 15.9 Å². The Kier molecular flexibility index (Phi) is 5.46. The fourth-order valence-corrected chi connectivity index (χ4v) is 4.77. The highest BCUT2D eigenvalue weighted by Crippen LogP contribution is 2.34. The number of pyridine rings is 1. The van der Waals surface area contributed by atoms with Crippen molar-refractivity contribution < 1.29 is 17.9 Å². The van der Waals surface area contributed by atoms with Crippen LogP contribution in [0.3, 0.4) is 0 Å². The fraction of sp³-hybridized carbons (Fsp3) is 0.318. The van der Waals surface area contributed by atoms with Crippen LogP contribution in [-0.2, 0) is 6.18 Å². The molecule has 0 unspecified atom stereocenters. The number of halogens is 3. The molecule has 0 aliphatic heterocycles. The quantitative estimate of drug-likeness (QED) is 0.350. The van der Waals surface area contributed by atoms with Crippen molar-refractivity contribution in [2.75, 3.05) is 5.32 Å². The highest BCUT2D eigenvalue weighted by atomic mass is 32.1. The number of H-pyrrole nitrogens is 1. The third kappa shape index (κ3) is 4.55. The molecule has 3 heterocycles. The molecule has 2 N–H and O–H groups in total. The molecule has 1 saturated carbocycles. The molecule has 0 spiro atoms. The zero-order chi connectivity index (χ0) is 22.1. The van der Waals surface area contributed by atoms with Gasteiger partial charge in [-0.05, 0) is 37.1 Å². The maximum atomic E-state index is 12.8. The van der Waals surface area contributed by atoms with E-state index in [4.69, 9.17) is 4.74 Å². The van der Waals surface area contributed by atoms with E-state index in [1.165, 1.54) is 38.3 Å². The van der Waals surface area contributed by atoms with Crippen LogP contribution in [0.4, 0.5) is 18.3 Å². The van der Waals surface area contributed by atoms with Crippen LogP contribution in [0.2, 0.25) is 0 Å². The number of nitrogens with zero attached hydrogens (tertiary/aromatic N) is 3. The first-order valence-corrected chi connectivity index (χ1v) is 11.2. The van der Waals surface area contributed by atoms with E-state index in [0.29, 0.717) is 17.5 Å². The molecule has 1 aromatic carbocycles. The molecular formula is C22H20F3N5OS. The van der Waals surface area contributed by atoms with Gasteiger partial charge in [-0.25, -0.2) is 4.98 Å². The van der Waals surface area contributed by atoms with Crippen LogP contribution in [0.25, 0.3) is 21.6 Å². The van der Waals surface area contributed by atoms with Gasteiger partial charge in [-0.3, -0.25) is 10.1 Å². The van der Waals surface area contributed by atoms with Gasteiger partial charge in [0.15, 0.2) is 5.13 Å². The Morgan fingerprint density at radius 2 is 1.81 bits per heavy atom. The van der Waals surface area contributed by atoms with Crippen LogP contribution in [-0.4, -0.2) is 26.2 Å². The van der Waals surface area contributed by atoms with Crippen molar-refractivity contribution in [3.63, 3.8) is 0 Å². The van der Waals surface area contributed by atoms with Crippen molar-refractivity contribution in [1.82, 2.24) is 20.2 Å². The molecule has 0 amide bonds. The maximum Gasteiger partial charge on any atom is 0.432 e. The first-order valence-electron chi connectivity index (χ1n) is 10.4. The molecule has 5 rings (SSSR count). The Morgan fingerprint density at radius 1 is 1.00 bits per heavy atom. The lowest BCUT2D eigenvalue weighted by molar-refractivity contribution is -0.141. The number of hydrogen-bond acceptors (Lipinski definition) is 6. The average molecular weight is 459 g/mol. The Bertz CT molecular complexity index is 1230. The fourth-order valence-electron chi connectivity index (χ4n) is 3.80. The zero-order valence-corrected chi connectivity index (χ0v) is 17.8. The van der Waals surface area contributed by atoms with Crippen LogP contribution in [0.1, 0.15) is 37.8 Å². The molecule has 0 radical (unpaired) electrons. The van der Waals surface area contributed by atoms with Gasteiger partial charge >= 0.3 is 6.18 Å². The molecule has 0 bridgehead atoms. The number of thiazole rings is 1. The lowest BCUT2D eigenvalue weighted by Crippen LogP contribution is -2.21. The second-order valence-electron chi connectivity index (χ2n) is 7.77. The largest absolute Gasteiger partial charge is 0.457 e. The Morgan fingerprint density at radius 3 is 2.59 bits per heavy atom. The van der Waals surface area contributed by atoms with Gasteiger partial charge in [0.1, 0.15) is 22.9 Å². The van der Waals surface area contributed by atoms with E-state index in [1.54, 1.807) is 23.5 Å². The topological polar surface area (TPSA) is 75.7 Å². The van der Waals surface area contributed by atoms with Gasteiger partial charge in [-0.2, -0.15) is 18.3 Å². The zero-order valence-electron chi connectivity index (χ0n) is 16.9. The Balaban J connectivity index is 1.33. The molecule has 166 valence electrons. The number of benzene rings is 1. The summed E-state index contributed by atoms with van der Waals surface area (Å²) in [5, 5.41) is 10.2. The lowest BCUT2D eigenvalue weighted by Gasteiger charge is -2.22. The van der Waals surface area contributed by atoms with E-state index in [0.717, 1.165) is 21.4 Å². The van der Waals surface area contributed by atoms with Gasteiger partial charge in [-0.1, -0.05) is 30.6 Å². The summed E-state index contributed by atoms with van der Waals surface area (Å²) in [6, 6.07) is 10.2. The number of rotatable bonds is 5. The molecule has 6 nitrogen and oxygen atoms in total. The minimum Gasteiger partial charge on any atom is -0.457 e. The second-order valence-corrected chi connectivity index (χ2v) is 8.80. The second kappa shape index (κ2) is 8.42. The molecule has 0 atom stereocenters. The van der Waals surface area contributed by atoms with E-state index in [1.807, 2.05) is 23.3 Å². The van der Waals surface area contributed by atoms with Crippen LogP contribution in [0, 0.1) is 0 Å². The third-order valence-electron chi connectivity index (χ3n) is 5.41. The van der Waals surface area contributed by atoms with E-state index >= 15 is 0 Å². The minimum atomic E-state index is -4.49. The molecule has 1 fully saturated rings. The van der Waals surface area contributed by atoms with Crippen molar-refractivity contribution in [3.05, 3.63) is 48.3 Å². The number of aromatic nitrogens is 4. The number of alkyl halides is 3. The van der Waals surface area contributed by atoms with Crippen LogP contribution in [0.15, 0.2) is 42.6 Å². The van der Waals surface area contributed by atoms with Gasteiger partial charge < -0.3 is 10.1 Å². The van der Waals surface area contributed by atoms with E-state index < -0.39 is 11.9 Å². The number of ether oxygens (including phenoxy) is 1. The molecule has 3 aromatic heterocycles. The summed E-state index contributed by atoms with van der Waals surface area (Å²) in [4.78, 5) is 8.78. The summed E-state index contributed by atoms with van der Waals surface area (Å²) in [5.74, 6) is 1.07. The van der Waals surface area contributed by atoms with Crippen molar-refractivity contribution >= 4 is 26.7 Å². The Labute approximate surface area is 185 Å². The maximum absolute atomic E-state index is 12.8. The van der Waals surface area contributed by atoms with E-state index in [9.17, 15) is 13.2 Å². The number of aromatic amines is 1. The molecular weight excluding hydrogens is 439 g/mol. The number of anilines is 1. The molecule has 32 heavy (non-hydrogen) atoms. The number of hydrogen-bond donors (Lipinski definition) is 2. The van der Waals surface area contributed by atoms with Crippen molar-refractivity contribution in [2.45, 2.75) is 44.3 Å². The van der Waals surface area contributed by atoms with E-state index in [2.05, 4.69) is 20.4 Å². The predicted octanol–water partition coefficient (Wildman–Crippen LogP) is 6.64. The summed E-state index contributed by atoms with van der Waals surface area (Å²) in [7, 11) is 0. The van der Waals surface area contributed by atoms with Crippen LogP contribution < -0.4 is 10.1 Å². The summed E-state index contributed by atoms with van der Waals surface area (Å²) < 4.78 is 45.4. The summed E-state index contributed by atoms with van der Waals surface area (Å²) in [6.45, 7) is 0. The smallest absolute Gasteiger partial charge is 0.432 e. The van der Waals surface area contributed by atoms with Crippen molar-refractivity contribution in [1.29, 1.82) is 0 Å². The van der Waals surface area contributed by atoms with Gasteiger partial charge in [0.2, 0.25) is 0 Å². The first-order chi connectivity index (χ1) is 15.4. The third-order valence-corrected chi connectivity index (χ3v) is 6.35. The van der Waals surface area contributed by atoms with E-state index in [-0.39, 0.29) is 11.4 Å². The predicted molar refractivity (Wildman–Crippen MR) is 117 cm³/mol. The van der Waals surface area contributed by atoms with Gasteiger partial charge in [-0.15, -0.1) is 0 Å². The molecule has 4 aromatic rings. The summed E-state index contributed by atoms with van der Waals surface area (Å²) in [6.07, 6.45) is 3.15. The number of fused-ring (bicyclic) bond motifs is 1. The van der Waals surface area contributed by atoms with Gasteiger partial charge in [0.25, 0.3) is 0 Å². The van der Waals surface area contributed by atoms with Crippen molar-refractivity contribution in [3.8, 4) is 22.9 Å². The normalized spacial score (nSPS) is 15.2. The van der Waals surface area contributed by atoms with Crippen molar-refractivity contribution in [2.24, 2.45) is 0 Å². The molecule has 10 heteroatoms. The van der Waals surface area contributed by atoms with Crippen LogP contribution in [0.5, 0.6) is 11.5 Å². The van der Waals surface area contributed by atoms with Crippen LogP contribution >= 0.6 is 11.3 Å².